The summed E-state index contributed by atoms with van der Waals surface area (Å²) < 4.78 is 77.3. The number of aliphatic hydroxyl groups is 1. The number of ether oxygens (including phenoxy) is 1. The lowest BCUT2D eigenvalue weighted by molar-refractivity contribution is -0.275. The Bertz CT molecular complexity index is 476. The van der Waals surface area contributed by atoms with Gasteiger partial charge in [0.15, 0.2) is 6.10 Å². The van der Waals surface area contributed by atoms with E-state index in [1.165, 1.54) is 0 Å². The predicted octanol–water partition coefficient (Wildman–Crippen LogP) is 3.27. The average Bonchev–Trinajstić information content (AvgIpc) is 2.26. The fourth-order valence-electron chi connectivity index (χ4n) is 1.37. The van der Waals surface area contributed by atoms with Gasteiger partial charge in [-0.2, -0.15) is 13.2 Å². The van der Waals surface area contributed by atoms with E-state index in [-0.39, 0.29) is 4.47 Å². The van der Waals surface area contributed by atoms with Gasteiger partial charge in [0.2, 0.25) is 0 Å². The number of aliphatic hydroxyl groups excluding tert-OH is 1. The van der Waals surface area contributed by atoms with E-state index in [0.717, 1.165) is 18.2 Å². The van der Waals surface area contributed by atoms with E-state index in [2.05, 4.69) is 20.7 Å². The molecule has 0 radical (unpaired) electrons. The summed E-state index contributed by atoms with van der Waals surface area (Å²) >= 11 is 2.89. The van der Waals surface area contributed by atoms with Crippen LogP contribution in [0.1, 0.15) is 11.6 Å². The second-order valence-corrected chi connectivity index (χ2v) is 4.66. The Balaban J connectivity index is 3.18. The van der Waals surface area contributed by atoms with Crippen molar-refractivity contribution in [3.05, 3.63) is 28.2 Å². The van der Waals surface area contributed by atoms with Crippen LogP contribution in [0.15, 0.2) is 22.7 Å². The van der Waals surface area contributed by atoms with Crippen molar-refractivity contribution in [2.45, 2.75) is 24.7 Å². The molecule has 10 heteroatoms. The number of nitrogens with two attached hydrogens (primary N) is 1. The van der Waals surface area contributed by atoms with Crippen molar-refractivity contribution in [3.63, 3.8) is 0 Å². The van der Waals surface area contributed by atoms with Crippen LogP contribution in [0.2, 0.25) is 0 Å². The first kappa shape index (κ1) is 17.1. The lowest BCUT2D eigenvalue weighted by Gasteiger charge is -2.24. The van der Waals surface area contributed by atoms with Crippen LogP contribution in [0.3, 0.4) is 0 Å². The van der Waals surface area contributed by atoms with Crippen LogP contribution >= 0.6 is 15.9 Å². The zero-order valence-corrected chi connectivity index (χ0v) is 11.1. The molecule has 0 aromatic heterocycles. The van der Waals surface area contributed by atoms with Crippen LogP contribution in [0.25, 0.3) is 0 Å². The molecule has 0 spiro atoms. The molecule has 0 fully saturated rings. The summed E-state index contributed by atoms with van der Waals surface area (Å²) in [5.74, 6) is -0.906. The molecule has 0 aliphatic carbocycles. The van der Waals surface area contributed by atoms with E-state index >= 15 is 0 Å². The Labute approximate surface area is 117 Å². The first-order valence-corrected chi connectivity index (χ1v) is 5.76. The molecule has 1 rings (SSSR count). The largest absolute Gasteiger partial charge is 0.573 e. The number of hydrogen-bond donors (Lipinski definition) is 2. The highest BCUT2D eigenvalue weighted by atomic mass is 79.9. The quantitative estimate of drug-likeness (QED) is 0.806. The minimum atomic E-state index is -5.09. The zero-order valence-electron chi connectivity index (χ0n) is 9.47. The van der Waals surface area contributed by atoms with E-state index in [4.69, 9.17) is 10.8 Å². The molecular weight excluding hydrogens is 360 g/mol. The Hall–Kier alpha value is -1.00. The predicted molar refractivity (Wildman–Crippen MR) is 59.8 cm³/mol. The molecule has 2 atom stereocenters. The van der Waals surface area contributed by atoms with Crippen LogP contribution in [0.5, 0.6) is 5.75 Å². The number of benzene rings is 1. The molecule has 0 heterocycles. The standard InChI is InChI=1S/C10H8BrF6NO2/c11-4-1-2-6(20-10(15,16)17)5(3-4)7(18)8(19)9(12,13)14/h1-3,7-8,19H,18H2/t7-,8-/m1/s1. The maximum absolute atomic E-state index is 12.4. The van der Waals surface area contributed by atoms with E-state index in [1.807, 2.05) is 0 Å². The summed E-state index contributed by atoms with van der Waals surface area (Å²) in [4.78, 5) is 0. The van der Waals surface area contributed by atoms with Gasteiger partial charge in [-0.05, 0) is 18.2 Å². The maximum Gasteiger partial charge on any atom is 0.573 e. The van der Waals surface area contributed by atoms with E-state index in [1.54, 1.807) is 0 Å². The molecule has 1 aromatic carbocycles. The molecule has 0 aliphatic heterocycles. The van der Waals surface area contributed by atoms with Crippen LogP contribution in [0, 0.1) is 0 Å². The average molecular weight is 368 g/mol. The van der Waals surface area contributed by atoms with Crippen molar-refractivity contribution >= 4 is 15.9 Å². The summed E-state index contributed by atoms with van der Waals surface area (Å²) in [5.41, 5.74) is 4.55. The monoisotopic (exact) mass is 367 g/mol. The third-order valence-electron chi connectivity index (χ3n) is 2.23. The molecule has 0 unspecified atom stereocenters. The minimum Gasteiger partial charge on any atom is -0.405 e. The van der Waals surface area contributed by atoms with Gasteiger partial charge in [0, 0.05) is 10.0 Å². The molecule has 0 bridgehead atoms. The van der Waals surface area contributed by atoms with E-state index in [9.17, 15) is 26.3 Å². The van der Waals surface area contributed by atoms with Crippen molar-refractivity contribution in [2.24, 2.45) is 5.73 Å². The third-order valence-corrected chi connectivity index (χ3v) is 2.73. The van der Waals surface area contributed by atoms with Gasteiger partial charge in [0.1, 0.15) is 5.75 Å². The Morgan fingerprint density at radius 3 is 2.15 bits per heavy atom. The van der Waals surface area contributed by atoms with Crippen molar-refractivity contribution in [1.29, 1.82) is 0 Å². The summed E-state index contributed by atoms with van der Waals surface area (Å²) in [6, 6.07) is 0.734. The van der Waals surface area contributed by atoms with E-state index < -0.39 is 36.0 Å². The Morgan fingerprint density at radius 1 is 1.15 bits per heavy atom. The first-order valence-electron chi connectivity index (χ1n) is 4.97. The second kappa shape index (κ2) is 5.78. The molecule has 3 N–H and O–H groups in total. The zero-order chi connectivity index (χ0) is 15.7. The molecule has 0 saturated heterocycles. The molecule has 0 aliphatic rings. The Kier molecular flexibility index (Phi) is 4.93. The fourth-order valence-corrected chi connectivity index (χ4v) is 1.75. The lowest BCUT2D eigenvalue weighted by Crippen LogP contribution is -2.39. The minimum absolute atomic E-state index is 0.187. The molecule has 114 valence electrons. The third kappa shape index (κ3) is 4.53. The van der Waals surface area contributed by atoms with Gasteiger partial charge in [0.05, 0.1) is 6.04 Å². The van der Waals surface area contributed by atoms with Crippen molar-refractivity contribution < 1.29 is 36.2 Å². The van der Waals surface area contributed by atoms with Gasteiger partial charge in [-0.25, -0.2) is 0 Å². The van der Waals surface area contributed by atoms with Crippen molar-refractivity contribution in [1.82, 2.24) is 0 Å². The normalized spacial score (nSPS) is 15.8. The van der Waals surface area contributed by atoms with Crippen LogP contribution in [-0.4, -0.2) is 23.7 Å². The van der Waals surface area contributed by atoms with Gasteiger partial charge in [-0.15, -0.1) is 13.2 Å². The van der Waals surface area contributed by atoms with E-state index in [0.29, 0.717) is 0 Å². The number of alkyl halides is 6. The van der Waals surface area contributed by atoms with Crippen LogP contribution in [0.4, 0.5) is 26.3 Å². The Morgan fingerprint density at radius 2 is 1.70 bits per heavy atom. The topological polar surface area (TPSA) is 55.5 Å². The molecule has 20 heavy (non-hydrogen) atoms. The van der Waals surface area contributed by atoms with Crippen molar-refractivity contribution in [3.8, 4) is 5.75 Å². The van der Waals surface area contributed by atoms with Gasteiger partial charge in [-0.1, -0.05) is 15.9 Å². The van der Waals surface area contributed by atoms with Gasteiger partial charge < -0.3 is 15.6 Å². The first-order chi connectivity index (χ1) is 8.92. The number of rotatable bonds is 3. The fraction of sp³-hybridized carbons (Fsp3) is 0.400. The SMILES string of the molecule is N[C@H](c1cc(Br)ccc1OC(F)(F)F)[C@@H](O)C(F)(F)F. The number of hydrogen-bond acceptors (Lipinski definition) is 3. The smallest absolute Gasteiger partial charge is 0.405 e. The molecular formula is C10H8BrF6NO2. The van der Waals surface area contributed by atoms with Crippen LogP contribution < -0.4 is 10.5 Å². The lowest BCUT2D eigenvalue weighted by atomic mass is 10.0. The van der Waals surface area contributed by atoms with Crippen LogP contribution in [-0.2, 0) is 0 Å². The summed E-state index contributed by atoms with van der Waals surface area (Å²) in [5, 5.41) is 9.02. The highest BCUT2D eigenvalue weighted by Crippen LogP contribution is 2.36. The maximum atomic E-state index is 12.4. The highest BCUT2D eigenvalue weighted by Gasteiger charge is 2.44. The summed E-state index contributed by atoms with van der Waals surface area (Å²) in [6.45, 7) is 0. The van der Waals surface area contributed by atoms with Gasteiger partial charge in [-0.3, -0.25) is 0 Å². The summed E-state index contributed by atoms with van der Waals surface area (Å²) in [6.07, 6.45) is -13.2. The molecule has 3 nitrogen and oxygen atoms in total. The van der Waals surface area contributed by atoms with Crippen molar-refractivity contribution in [2.75, 3.05) is 0 Å². The van der Waals surface area contributed by atoms with Gasteiger partial charge >= 0.3 is 12.5 Å². The summed E-state index contributed by atoms with van der Waals surface area (Å²) in [7, 11) is 0. The second-order valence-electron chi connectivity index (χ2n) is 3.74. The number of halogens is 7. The van der Waals surface area contributed by atoms with Gasteiger partial charge in [0.25, 0.3) is 0 Å². The molecule has 0 saturated carbocycles. The highest BCUT2D eigenvalue weighted by molar-refractivity contribution is 9.10. The molecule has 0 amide bonds. The molecule has 1 aromatic rings.